The van der Waals surface area contributed by atoms with Crippen LogP contribution >= 0.6 is 27.3 Å². The molecule has 0 aliphatic heterocycles. The van der Waals surface area contributed by atoms with E-state index in [4.69, 9.17) is 4.74 Å². The third kappa shape index (κ3) is 6.01. The molecule has 4 aromatic rings. The molecule has 0 aliphatic carbocycles. The molecule has 4 rings (SSSR count). The van der Waals surface area contributed by atoms with Gasteiger partial charge in [0.2, 0.25) is 0 Å². The molecule has 0 bridgehead atoms. The molecule has 5 nitrogen and oxygen atoms in total. The minimum atomic E-state index is -5.04. The van der Waals surface area contributed by atoms with Crippen LogP contribution in [0.1, 0.15) is 31.2 Å². The van der Waals surface area contributed by atoms with Gasteiger partial charge in [0.05, 0.1) is 29.5 Å². The van der Waals surface area contributed by atoms with E-state index in [1.807, 2.05) is 0 Å². The molecule has 2 amide bonds. The highest BCUT2D eigenvalue weighted by atomic mass is 79.9. The van der Waals surface area contributed by atoms with E-state index in [0.717, 1.165) is 24.3 Å². The SMILES string of the molecule is COc1ccc(Br)cc1C(=O)Nc1c(C(=O)Nc2ccc(F)c(C(F)(F)F)c2)sc2cc(C(F)(F)F)ccc12. The average Bonchev–Trinajstić information content (AvgIpc) is 3.21. The lowest BCUT2D eigenvalue weighted by atomic mass is 10.1. The highest BCUT2D eigenvalue weighted by Gasteiger charge is 2.35. The first-order valence-corrected chi connectivity index (χ1v) is 12.3. The van der Waals surface area contributed by atoms with Gasteiger partial charge in [-0.2, -0.15) is 26.3 Å². The van der Waals surface area contributed by atoms with Gasteiger partial charge in [0.1, 0.15) is 16.4 Å². The van der Waals surface area contributed by atoms with Crippen molar-refractivity contribution in [3.8, 4) is 5.75 Å². The molecule has 204 valence electrons. The standard InChI is InChI=1S/C25H14BrF7N2O3S/c1-38-18-7-3-12(26)9-15(18)22(36)35-20-14-5-2-11(24(28,29)30)8-19(14)39-21(20)23(37)34-13-4-6-17(27)16(10-13)25(31,32)33/h2-10H,1H3,(H,34,37)(H,35,36). The van der Waals surface area contributed by atoms with Gasteiger partial charge in [-0.05, 0) is 48.5 Å². The minimum absolute atomic E-state index is 0.0258. The summed E-state index contributed by atoms with van der Waals surface area (Å²) in [5, 5.41) is 4.78. The maximum Gasteiger partial charge on any atom is 0.419 e. The number of benzene rings is 3. The zero-order valence-electron chi connectivity index (χ0n) is 19.4. The summed E-state index contributed by atoms with van der Waals surface area (Å²) in [5.74, 6) is -3.21. The van der Waals surface area contributed by atoms with Crippen molar-refractivity contribution >= 4 is 60.5 Å². The zero-order valence-corrected chi connectivity index (χ0v) is 21.8. The number of thiophene rings is 1. The van der Waals surface area contributed by atoms with Crippen LogP contribution in [0.2, 0.25) is 0 Å². The average molecular weight is 635 g/mol. The molecule has 1 heterocycles. The number of alkyl halides is 6. The molecule has 1 aromatic heterocycles. The highest BCUT2D eigenvalue weighted by molar-refractivity contribution is 9.10. The molecular formula is C25H14BrF7N2O3S. The van der Waals surface area contributed by atoms with Gasteiger partial charge in [-0.15, -0.1) is 11.3 Å². The van der Waals surface area contributed by atoms with Crippen molar-refractivity contribution in [2.24, 2.45) is 0 Å². The van der Waals surface area contributed by atoms with Crippen LogP contribution < -0.4 is 15.4 Å². The number of hydrogen-bond donors (Lipinski definition) is 2. The number of methoxy groups -OCH3 is 1. The number of carbonyl (C=O) groups is 2. The number of fused-ring (bicyclic) bond motifs is 1. The number of ether oxygens (including phenoxy) is 1. The Morgan fingerprint density at radius 3 is 2.23 bits per heavy atom. The van der Waals surface area contributed by atoms with E-state index < -0.39 is 46.8 Å². The second-order valence-electron chi connectivity index (χ2n) is 7.96. The van der Waals surface area contributed by atoms with Gasteiger partial charge in [0.15, 0.2) is 0 Å². The molecule has 3 aromatic carbocycles. The normalized spacial score (nSPS) is 11.9. The van der Waals surface area contributed by atoms with E-state index in [0.29, 0.717) is 27.9 Å². The Labute approximate surface area is 227 Å². The van der Waals surface area contributed by atoms with E-state index in [1.54, 1.807) is 6.07 Å². The molecule has 0 saturated carbocycles. The van der Waals surface area contributed by atoms with Gasteiger partial charge >= 0.3 is 12.4 Å². The van der Waals surface area contributed by atoms with Crippen LogP contribution in [0.3, 0.4) is 0 Å². The summed E-state index contributed by atoms with van der Waals surface area (Å²) in [4.78, 5) is 26.0. The second-order valence-corrected chi connectivity index (χ2v) is 9.93. The van der Waals surface area contributed by atoms with Crippen molar-refractivity contribution in [2.45, 2.75) is 12.4 Å². The summed E-state index contributed by atoms with van der Waals surface area (Å²) in [5.41, 5.74) is -3.21. The molecule has 0 spiro atoms. The molecule has 39 heavy (non-hydrogen) atoms. The molecule has 0 saturated heterocycles. The van der Waals surface area contributed by atoms with Crippen molar-refractivity contribution in [2.75, 3.05) is 17.7 Å². The van der Waals surface area contributed by atoms with Crippen LogP contribution in [0.25, 0.3) is 10.1 Å². The maximum absolute atomic E-state index is 13.7. The zero-order chi connectivity index (χ0) is 28.7. The summed E-state index contributed by atoms with van der Waals surface area (Å²) in [6.45, 7) is 0. The van der Waals surface area contributed by atoms with E-state index in [9.17, 15) is 40.3 Å². The third-order valence-corrected chi connectivity index (χ3v) is 7.04. The van der Waals surface area contributed by atoms with E-state index >= 15 is 0 Å². The Balaban J connectivity index is 1.79. The quantitative estimate of drug-likeness (QED) is 0.217. The van der Waals surface area contributed by atoms with Gasteiger partial charge in [0.25, 0.3) is 11.8 Å². The Bertz CT molecular complexity index is 1600. The van der Waals surface area contributed by atoms with Crippen LogP contribution in [0.4, 0.5) is 42.1 Å². The maximum atomic E-state index is 13.7. The van der Waals surface area contributed by atoms with Crippen molar-refractivity contribution < 1.29 is 45.1 Å². The lowest BCUT2D eigenvalue weighted by Gasteiger charge is -2.13. The Hall–Kier alpha value is -3.65. The lowest BCUT2D eigenvalue weighted by molar-refractivity contribution is -0.140. The Morgan fingerprint density at radius 1 is 0.872 bits per heavy atom. The first-order chi connectivity index (χ1) is 18.2. The van der Waals surface area contributed by atoms with Crippen LogP contribution in [0.15, 0.2) is 59.1 Å². The van der Waals surface area contributed by atoms with E-state index in [-0.39, 0.29) is 32.0 Å². The van der Waals surface area contributed by atoms with Gasteiger partial charge in [0, 0.05) is 20.2 Å². The fourth-order valence-electron chi connectivity index (χ4n) is 3.60. The second kappa shape index (κ2) is 10.5. The first-order valence-electron chi connectivity index (χ1n) is 10.7. The van der Waals surface area contributed by atoms with Crippen molar-refractivity contribution in [3.05, 3.63) is 86.5 Å². The molecule has 0 fully saturated rings. The number of amides is 2. The van der Waals surface area contributed by atoms with Crippen molar-refractivity contribution in [1.29, 1.82) is 0 Å². The topological polar surface area (TPSA) is 67.4 Å². The first kappa shape index (κ1) is 28.4. The van der Waals surface area contributed by atoms with Crippen molar-refractivity contribution in [3.63, 3.8) is 0 Å². The predicted octanol–water partition coefficient (Wildman–Crippen LogP) is 8.35. The molecule has 0 radical (unpaired) electrons. The summed E-state index contributed by atoms with van der Waals surface area (Å²) >= 11 is 3.81. The van der Waals surface area contributed by atoms with Crippen LogP contribution in [-0.4, -0.2) is 18.9 Å². The fourth-order valence-corrected chi connectivity index (χ4v) is 5.06. The summed E-state index contributed by atoms with van der Waals surface area (Å²) in [6.07, 6.45) is -9.74. The lowest BCUT2D eigenvalue weighted by Crippen LogP contribution is -2.18. The summed E-state index contributed by atoms with van der Waals surface area (Å²) in [6, 6.07) is 8.91. The number of halogens is 8. The third-order valence-electron chi connectivity index (χ3n) is 5.40. The number of carbonyl (C=O) groups excluding carboxylic acids is 2. The molecule has 2 N–H and O–H groups in total. The van der Waals surface area contributed by atoms with Gasteiger partial charge < -0.3 is 15.4 Å². The molecule has 0 aliphatic rings. The predicted molar refractivity (Wildman–Crippen MR) is 135 cm³/mol. The van der Waals surface area contributed by atoms with Gasteiger partial charge in [-0.1, -0.05) is 22.0 Å². The van der Waals surface area contributed by atoms with Gasteiger partial charge in [-0.25, -0.2) is 4.39 Å². The number of hydrogen-bond acceptors (Lipinski definition) is 4. The largest absolute Gasteiger partial charge is 0.496 e. The summed E-state index contributed by atoms with van der Waals surface area (Å²) < 4.78 is 98.6. The summed E-state index contributed by atoms with van der Waals surface area (Å²) in [7, 11) is 1.31. The molecule has 14 heteroatoms. The highest BCUT2D eigenvalue weighted by Crippen LogP contribution is 2.41. The van der Waals surface area contributed by atoms with Crippen LogP contribution in [0.5, 0.6) is 5.75 Å². The molecular weight excluding hydrogens is 621 g/mol. The van der Waals surface area contributed by atoms with Gasteiger partial charge in [-0.3, -0.25) is 9.59 Å². The number of rotatable bonds is 5. The van der Waals surface area contributed by atoms with Crippen LogP contribution in [-0.2, 0) is 12.4 Å². The van der Waals surface area contributed by atoms with E-state index in [1.165, 1.54) is 19.2 Å². The fraction of sp³-hybridized carbons (Fsp3) is 0.120. The minimum Gasteiger partial charge on any atom is -0.496 e. The molecule has 0 unspecified atom stereocenters. The Kier molecular flexibility index (Phi) is 7.63. The Morgan fingerprint density at radius 2 is 1.59 bits per heavy atom. The van der Waals surface area contributed by atoms with Crippen LogP contribution in [0, 0.1) is 5.82 Å². The number of nitrogens with one attached hydrogen (secondary N) is 2. The number of anilines is 2. The molecule has 0 atom stereocenters. The smallest absolute Gasteiger partial charge is 0.419 e. The van der Waals surface area contributed by atoms with Crippen molar-refractivity contribution in [1.82, 2.24) is 0 Å². The monoisotopic (exact) mass is 634 g/mol. The van der Waals surface area contributed by atoms with E-state index in [2.05, 4.69) is 26.6 Å².